The Morgan fingerprint density at radius 1 is 1.29 bits per heavy atom. The van der Waals surface area contributed by atoms with Crippen LogP contribution in [-0.2, 0) is 6.42 Å². The molecular formula is C14H18N2O. The lowest BCUT2D eigenvalue weighted by Crippen LogP contribution is -1.93. The molecule has 0 unspecified atom stereocenters. The quantitative estimate of drug-likeness (QED) is 0.878. The van der Waals surface area contributed by atoms with Gasteiger partial charge in [0.1, 0.15) is 0 Å². The van der Waals surface area contributed by atoms with E-state index in [2.05, 4.69) is 44.1 Å². The minimum absolute atomic E-state index is 0.417. The third-order valence-electron chi connectivity index (χ3n) is 2.93. The number of rotatable bonds is 3. The van der Waals surface area contributed by atoms with Gasteiger partial charge in [0.2, 0.25) is 5.88 Å². The van der Waals surface area contributed by atoms with E-state index in [0.29, 0.717) is 5.88 Å². The van der Waals surface area contributed by atoms with Crippen LogP contribution in [0.5, 0.6) is 0 Å². The van der Waals surface area contributed by atoms with Gasteiger partial charge in [-0.3, -0.25) is 0 Å². The van der Waals surface area contributed by atoms with E-state index in [1.54, 1.807) is 0 Å². The zero-order chi connectivity index (χ0) is 12.4. The second-order valence-electron chi connectivity index (χ2n) is 4.44. The van der Waals surface area contributed by atoms with Crippen LogP contribution in [0.4, 0.5) is 5.88 Å². The van der Waals surface area contributed by atoms with Crippen molar-refractivity contribution in [3.05, 3.63) is 35.0 Å². The molecule has 0 saturated heterocycles. The molecule has 2 aromatic rings. The molecule has 0 aliphatic heterocycles. The molecule has 2 rings (SSSR count). The average molecular weight is 230 g/mol. The third-order valence-corrected chi connectivity index (χ3v) is 2.93. The fourth-order valence-electron chi connectivity index (χ4n) is 2.13. The van der Waals surface area contributed by atoms with Gasteiger partial charge in [0, 0.05) is 0 Å². The lowest BCUT2D eigenvalue weighted by molar-refractivity contribution is 0.427. The Morgan fingerprint density at radius 2 is 2.06 bits per heavy atom. The summed E-state index contributed by atoms with van der Waals surface area (Å²) < 4.78 is 5.12. The molecule has 2 N–H and O–H groups in total. The molecule has 0 bridgehead atoms. The van der Waals surface area contributed by atoms with Crippen molar-refractivity contribution in [3.63, 3.8) is 0 Å². The first kappa shape index (κ1) is 11.7. The smallest absolute Gasteiger partial charge is 0.230 e. The summed E-state index contributed by atoms with van der Waals surface area (Å²) in [5, 5.41) is 4.05. The molecule has 90 valence electrons. The van der Waals surface area contributed by atoms with E-state index in [1.807, 2.05) is 0 Å². The van der Waals surface area contributed by atoms with Crippen LogP contribution in [0.2, 0.25) is 0 Å². The van der Waals surface area contributed by atoms with E-state index in [0.717, 1.165) is 29.7 Å². The van der Waals surface area contributed by atoms with Crippen molar-refractivity contribution >= 4 is 5.88 Å². The van der Waals surface area contributed by atoms with Gasteiger partial charge >= 0.3 is 0 Å². The molecule has 17 heavy (non-hydrogen) atoms. The molecular weight excluding hydrogens is 212 g/mol. The van der Waals surface area contributed by atoms with Crippen molar-refractivity contribution in [1.29, 1.82) is 0 Å². The Kier molecular flexibility index (Phi) is 3.18. The van der Waals surface area contributed by atoms with Crippen molar-refractivity contribution in [2.75, 3.05) is 5.73 Å². The predicted molar refractivity (Wildman–Crippen MR) is 69.8 cm³/mol. The van der Waals surface area contributed by atoms with Crippen molar-refractivity contribution in [1.82, 2.24) is 5.16 Å². The largest absolute Gasteiger partial charge is 0.367 e. The number of benzene rings is 1. The number of hydrogen-bond acceptors (Lipinski definition) is 3. The molecule has 3 nitrogen and oxygen atoms in total. The lowest BCUT2D eigenvalue weighted by Gasteiger charge is -2.06. The second-order valence-corrected chi connectivity index (χ2v) is 4.44. The first-order valence-corrected chi connectivity index (χ1v) is 5.95. The molecule has 0 fully saturated rings. The van der Waals surface area contributed by atoms with E-state index >= 15 is 0 Å². The molecule has 1 aromatic carbocycles. The van der Waals surface area contributed by atoms with Crippen LogP contribution in [0, 0.1) is 13.8 Å². The van der Waals surface area contributed by atoms with Crippen LogP contribution in [-0.4, -0.2) is 5.16 Å². The molecule has 0 aliphatic carbocycles. The molecule has 1 aromatic heterocycles. The summed E-state index contributed by atoms with van der Waals surface area (Å²) in [5.74, 6) is 0.417. The highest BCUT2D eigenvalue weighted by Crippen LogP contribution is 2.33. The van der Waals surface area contributed by atoms with E-state index in [9.17, 15) is 0 Å². The van der Waals surface area contributed by atoms with Crippen LogP contribution in [0.25, 0.3) is 11.1 Å². The van der Waals surface area contributed by atoms with Crippen molar-refractivity contribution < 1.29 is 4.52 Å². The number of nitrogen functional groups attached to an aromatic ring is 1. The Balaban J connectivity index is 2.55. The van der Waals surface area contributed by atoms with Crippen molar-refractivity contribution in [2.24, 2.45) is 0 Å². The van der Waals surface area contributed by atoms with Gasteiger partial charge in [0.25, 0.3) is 0 Å². The summed E-state index contributed by atoms with van der Waals surface area (Å²) in [5.41, 5.74) is 11.4. The van der Waals surface area contributed by atoms with Gasteiger partial charge in [-0.25, -0.2) is 0 Å². The molecule has 0 amide bonds. The Morgan fingerprint density at radius 3 is 2.71 bits per heavy atom. The minimum Gasteiger partial charge on any atom is -0.367 e. The second kappa shape index (κ2) is 4.62. The zero-order valence-corrected chi connectivity index (χ0v) is 10.6. The fourth-order valence-corrected chi connectivity index (χ4v) is 2.13. The van der Waals surface area contributed by atoms with Crippen LogP contribution >= 0.6 is 0 Å². The summed E-state index contributed by atoms with van der Waals surface area (Å²) in [4.78, 5) is 0. The topological polar surface area (TPSA) is 52.0 Å². The van der Waals surface area contributed by atoms with E-state index in [1.165, 1.54) is 11.1 Å². The number of nitrogens with zero attached hydrogens (tertiary/aromatic N) is 1. The Labute approximate surface area is 102 Å². The monoisotopic (exact) mass is 230 g/mol. The summed E-state index contributed by atoms with van der Waals surface area (Å²) >= 11 is 0. The first-order valence-electron chi connectivity index (χ1n) is 5.95. The molecule has 3 heteroatoms. The molecule has 0 spiro atoms. The summed E-state index contributed by atoms with van der Waals surface area (Å²) in [6.45, 7) is 6.29. The Bertz CT molecular complexity index is 529. The van der Waals surface area contributed by atoms with E-state index in [4.69, 9.17) is 10.3 Å². The summed E-state index contributed by atoms with van der Waals surface area (Å²) in [6.07, 6.45) is 1.92. The van der Waals surface area contributed by atoms with Gasteiger partial charge in [-0.1, -0.05) is 42.3 Å². The van der Waals surface area contributed by atoms with Gasteiger partial charge in [-0.15, -0.1) is 0 Å². The van der Waals surface area contributed by atoms with Crippen molar-refractivity contribution in [3.8, 4) is 11.1 Å². The maximum atomic E-state index is 5.88. The SMILES string of the molecule is CCCc1noc(N)c1-c1ccc(C)cc1C. The van der Waals surface area contributed by atoms with Crippen LogP contribution in [0.3, 0.4) is 0 Å². The van der Waals surface area contributed by atoms with Gasteiger partial charge < -0.3 is 10.3 Å². The van der Waals surface area contributed by atoms with Gasteiger partial charge in [-0.05, 0) is 31.4 Å². The molecule has 0 saturated carbocycles. The maximum absolute atomic E-state index is 5.88. The Hall–Kier alpha value is -1.77. The molecule has 0 radical (unpaired) electrons. The number of aromatic nitrogens is 1. The zero-order valence-electron chi connectivity index (χ0n) is 10.6. The molecule has 0 aliphatic rings. The van der Waals surface area contributed by atoms with Crippen LogP contribution < -0.4 is 5.73 Å². The highest BCUT2D eigenvalue weighted by molar-refractivity contribution is 5.77. The van der Waals surface area contributed by atoms with Crippen molar-refractivity contribution in [2.45, 2.75) is 33.6 Å². The number of aryl methyl sites for hydroxylation is 3. The minimum atomic E-state index is 0.417. The van der Waals surface area contributed by atoms with Gasteiger partial charge in [0.05, 0.1) is 11.3 Å². The normalized spacial score (nSPS) is 10.8. The summed E-state index contributed by atoms with van der Waals surface area (Å²) in [6, 6.07) is 6.33. The predicted octanol–water partition coefficient (Wildman–Crippen LogP) is 3.49. The third kappa shape index (κ3) is 2.18. The highest BCUT2D eigenvalue weighted by Gasteiger charge is 2.16. The first-order chi connectivity index (χ1) is 8.13. The maximum Gasteiger partial charge on any atom is 0.230 e. The number of nitrogens with two attached hydrogens (primary N) is 1. The van der Waals surface area contributed by atoms with Crippen LogP contribution in [0.15, 0.2) is 22.7 Å². The summed E-state index contributed by atoms with van der Waals surface area (Å²) in [7, 11) is 0. The molecule has 0 atom stereocenters. The molecule has 1 heterocycles. The number of anilines is 1. The fraction of sp³-hybridized carbons (Fsp3) is 0.357. The number of hydrogen-bond donors (Lipinski definition) is 1. The standard InChI is InChI=1S/C14H18N2O/c1-4-5-12-13(14(15)17-16-12)11-7-6-9(2)8-10(11)3/h6-8H,4-5,15H2,1-3H3. The lowest BCUT2D eigenvalue weighted by atomic mass is 9.97. The van der Waals surface area contributed by atoms with E-state index < -0.39 is 0 Å². The van der Waals surface area contributed by atoms with Crippen LogP contribution in [0.1, 0.15) is 30.2 Å². The highest BCUT2D eigenvalue weighted by atomic mass is 16.5. The van der Waals surface area contributed by atoms with E-state index in [-0.39, 0.29) is 0 Å². The van der Waals surface area contributed by atoms with Gasteiger partial charge in [-0.2, -0.15) is 0 Å². The van der Waals surface area contributed by atoms with Gasteiger partial charge in [0.15, 0.2) is 0 Å². The average Bonchev–Trinajstić information content (AvgIpc) is 2.62.